The molecular weight excluding hydrogens is 466 g/mol. The lowest BCUT2D eigenvalue weighted by Gasteiger charge is -2.17. The molecule has 1 heterocycles. The summed E-state index contributed by atoms with van der Waals surface area (Å²) in [4.78, 5) is 11.5. The van der Waals surface area contributed by atoms with E-state index < -0.39 is 0 Å². The highest BCUT2D eigenvalue weighted by atomic mass is 127. The van der Waals surface area contributed by atoms with E-state index in [0.717, 1.165) is 30.4 Å². The molecule has 0 saturated heterocycles. The molecule has 1 unspecified atom stereocenters. The second-order valence-corrected chi connectivity index (χ2v) is 7.38. The standard InChI is InChI=1S/C15H11BrClIN2O/c16-8-1-2-12(18)10(5-8)15(19)9-3-7-4-14(21)20-13(7)6-11(9)17/h1-3,5-6,15H,4,19H2,(H,20,21). The molecule has 0 spiro atoms. The largest absolute Gasteiger partial charge is 0.325 e. The maximum atomic E-state index is 11.5. The topological polar surface area (TPSA) is 55.1 Å². The van der Waals surface area contributed by atoms with Crippen LogP contribution in [0.1, 0.15) is 22.7 Å². The van der Waals surface area contributed by atoms with E-state index in [1.54, 1.807) is 6.07 Å². The second-order valence-electron chi connectivity index (χ2n) is 4.90. The lowest BCUT2D eigenvalue weighted by molar-refractivity contribution is -0.115. The SMILES string of the molecule is NC(c1cc2c(cc1Cl)NC(=O)C2)c1cc(Br)ccc1I. The van der Waals surface area contributed by atoms with E-state index in [0.29, 0.717) is 11.4 Å². The molecule has 1 aliphatic rings. The highest BCUT2D eigenvalue weighted by Gasteiger charge is 2.23. The molecule has 3 nitrogen and oxygen atoms in total. The number of carbonyl (C=O) groups excluding carboxylic acids is 1. The Morgan fingerprint density at radius 2 is 2.05 bits per heavy atom. The van der Waals surface area contributed by atoms with Crippen molar-refractivity contribution in [3.8, 4) is 0 Å². The van der Waals surface area contributed by atoms with Gasteiger partial charge in [0, 0.05) is 18.8 Å². The molecule has 0 aliphatic carbocycles. The van der Waals surface area contributed by atoms with Crippen molar-refractivity contribution < 1.29 is 4.79 Å². The minimum absolute atomic E-state index is 0.0103. The Hall–Kier alpha value is -0.630. The Morgan fingerprint density at radius 1 is 1.29 bits per heavy atom. The average molecular weight is 478 g/mol. The summed E-state index contributed by atoms with van der Waals surface area (Å²) in [6, 6.07) is 9.36. The maximum Gasteiger partial charge on any atom is 0.228 e. The van der Waals surface area contributed by atoms with Crippen LogP contribution in [0.5, 0.6) is 0 Å². The normalized spacial score (nSPS) is 14.8. The van der Waals surface area contributed by atoms with Gasteiger partial charge in [0.1, 0.15) is 0 Å². The monoisotopic (exact) mass is 476 g/mol. The number of hydrogen-bond acceptors (Lipinski definition) is 2. The number of anilines is 1. The number of rotatable bonds is 2. The Morgan fingerprint density at radius 3 is 2.81 bits per heavy atom. The first-order chi connectivity index (χ1) is 9.95. The molecule has 108 valence electrons. The van der Waals surface area contributed by atoms with Gasteiger partial charge in [-0.3, -0.25) is 4.79 Å². The number of benzene rings is 2. The van der Waals surface area contributed by atoms with Gasteiger partial charge >= 0.3 is 0 Å². The molecule has 1 aliphatic heterocycles. The summed E-state index contributed by atoms with van der Waals surface area (Å²) in [7, 11) is 0. The van der Waals surface area contributed by atoms with Crippen LogP contribution in [0, 0.1) is 3.57 Å². The van der Waals surface area contributed by atoms with Crippen LogP contribution in [-0.2, 0) is 11.2 Å². The van der Waals surface area contributed by atoms with Crippen LogP contribution in [0.3, 0.4) is 0 Å². The third-order valence-electron chi connectivity index (χ3n) is 3.48. The molecule has 3 N–H and O–H groups in total. The highest BCUT2D eigenvalue weighted by molar-refractivity contribution is 14.1. The number of carbonyl (C=O) groups is 1. The fourth-order valence-electron chi connectivity index (χ4n) is 2.43. The number of hydrogen-bond donors (Lipinski definition) is 2. The first kappa shape index (κ1) is 15.3. The Balaban J connectivity index is 2.06. The molecule has 0 saturated carbocycles. The van der Waals surface area contributed by atoms with E-state index in [-0.39, 0.29) is 11.9 Å². The number of nitrogens with two attached hydrogens (primary N) is 1. The van der Waals surface area contributed by atoms with Gasteiger partial charge in [0.2, 0.25) is 5.91 Å². The van der Waals surface area contributed by atoms with E-state index in [1.807, 2.05) is 24.3 Å². The van der Waals surface area contributed by atoms with Crippen molar-refractivity contribution in [1.29, 1.82) is 0 Å². The number of amides is 1. The first-order valence-corrected chi connectivity index (χ1v) is 8.53. The van der Waals surface area contributed by atoms with Gasteiger partial charge in [-0.1, -0.05) is 27.5 Å². The maximum absolute atomic E-state index is 11.5. The zero-order valence-corrected chi connectivity index (χ0v) is 15.3. The van der Waals surface area contributed by atoms with Crippen molar-refractivity contribution in [2.45, 2.75) is 12.5 Å². The van der Waals surface area contributed by atoms with E-state index in [4.69, 9.17) is 17.3 Å². The summed E-state index contributed by atoms with van der Waals surface area (Å²) < 4.78 is 2.05. The van der Waals surface area contributed by atoms with Crippen molar-refractivity contribution in [1.82, 2.24) is 0 Å². The molecule has 0 radical (unpaired) electrons. The summed E-state index contributed by atoms with van der Waals surface area (Å²) in [6.07, 6.45) is 0.377. The summed E-state index contributed by atoms with van der Waals surface area (Å²) in [5.41, 5.74) is 9.97. The Kier molecular flexibility index (Phi) is 4.27. The molecule has 2 aromatic rings. The lowest BCUT2D eigenvalue weighted by Crippen LogP contribution is -2.14. The van der Waals surface area contributed by atoms with Gasteiger partial charge in [0.15, 0.2) is 0 Å². The molecular formula is C15H11BrClIN2O. The van der Waals surface area contributed by atoms with Crippen molar-refractivity contribution in [2.75, 3.05) is 5.32 Å². The predicted octanol–water partition coefficient (Wildman–Crippen LogP) is 4.25. The molecule has 6 heteroatoms. The van der Waals surface area contributed by atoms with Crippen LogP contribution in [0.4, 0.5) is 5.69 Å². The van der Waals surface area contributed by atoms with Crippen molar-refractivity contribution in [3.63, 3.8) is 0 Å². The van der Waals surface area contributed by atoms with Crippen LogP contribution in [0.15, 0.2) is 34.8 Å². The third kappa shape index (κ3) is 2.97. The van der Waals surface area contributed by atoms with Gasteiger partial charge in [0.25, 0.3) is 0 Å². The fourth-order valence-corrected chi connectivity index (χ4v) is 3.76. The number of halogens is 3. The minimum Gasteiger partial charge on any atom is -0.325 e. The molecule has 0 bridgehead atoms. The molecule has 3 rings (SSSR count). The van der Waals surface area contributed by atoms with Crippen LogP contribution in [0.2, 0.25) is 5.02 Å². The van der Waals surface area contributed by atoms with Gasteiger partial charge in [-0.05, 0) is 69.6 Å². The fraction of sp³-hybridized carbons (Fsp3) is 0.133. The second kappa shape index (κ2) is 5.87. The van der Waals surface area contributed by atoms with Crippen molar-refractivity contribution >= 4 is 61.7 Å². The Labute approximate surface area is 149 Å². The van der Waals surface area contributed by atoms with E-state index >= 15 is 0 Å². The van der Waals surface area contributed by atoms with Gasteiger partial charge in [-0.15, -0.1) is 0 Å². The molecule has 1 amide bonds. The van der Waals surface area contributed by atoms with E-state index in [9.17, 15) is 4.79 Å². The van der Waals surface area contributed by atoms with Crippen molar-refractivity contribution in [3.05, 3.63) is 60.1 Å². The molecule has 0 fully saturated rings. The van der Waals surface area contributed by atoms with Crippen LogP contribution in [-0.4, -0.2) is 5.91 Å². The zero-order chi connectivity index (χ0) is 15.1. The summed E-state index contributed by atoms with van der Waals surface area (Å²) >= 11 is 12.1. The molecule has 1 atom stereocenters. The van der Waals surface area contributed by atoms with E-state index in [1.165, 1.54) is 0 Å². The predicted molar refractivity (Wildman–Crippen MR) is 96.7 cm³/mol. The third-order valence-corrected chi connectivity index (χ3v) is 5.28. The average Bonchev–Trinajstić information content (AvgIpc) is 2.79. The first-order valence-electron chi connectivity index (χ1n) is 6.28. The smallest absolute Gasteiger partial charge is 0.228 e. The molecule has 2 aromatic carbocycles. The van der Waals surface area contributed by atoms with Crippen LogP contribution in [0.25, 0.3) is 0 Å². The zero-order valence-electron chi connectivity index (χ0n) is 10.8. The highest BCUT2D eigenvalue weighted by Crippen LogP contribution is 2.36. The molecule has 21 heavy (non-hydrogen) atoms. The minimum atomic E-state index is -0.331. The number of nitrogens with one attached hydrogen (secondary N) is 1. The molecule has 0 aromatic heterocycles. The van der Waals surface area contributed by atoms with Crippen LogP contribution >= 0.6 is 50.1 Å². The quantitative estimate of drug-likeness (QED) is 0.636. The van der Waals surface area contributed by atoms with E-state index in [2.05, 4.69) is 43.8 Å². The summed E-state index contributed by atoms with van der Waals surface area (Å²) in [5, 5.41) is 3.36. The van der Waals surface area contributed by atoms with Crippen LogP contribution < -0.4 is 11.1 Å². The van der Waals surface area contributed by atoms with Crippen molar-refractivity contribution in [2.24, 2.45) is 5.73 Å². The van der Waals surface area contributed by atoms with Gasteiger partial charge < -0.3 is 11.1 Å². The summed E-state index contributed by atoms with van der Waals surface area (Å²) in [5.74, 6) is -0.0103. The van der Waals surface area contributed by atoms with Gasteiger partial charge in [0.05, 0.1) is 12.5 Å². The van der Waals surface area contributed by atoms with Gasteiger partial charge in [-0.2, -0.15) is 0 Å². The van der Waals surface area contributed by atoms with Gasteiger partial charge in [-0.25, -0.2) is 0 Å². The number of fused-ring (bicyclic) bond motifs is 1. The Bertz CT molecular complexity index is 751. The lowest BCUT2D eigenvalue weighted by atomic mass is 9.97. The summed E-state index contributed by atoms with van der Waals surface area (Å²) in [6.45, 7) is 0.